The smallest absolute Gasteiger partial charge is 0.435 e. The minimum Gasteiger partial charge on any atom is -0.463 e. The van der Waals surface area contributed by atoms with E-state index in [4.69, 9.17) is 4.42 Å². The van der Waals surface area contributed by atoms with Crippen LogP contribution in [0.2, 0.25) is 0 Å². The Labute approximate surface area is 144 Å². The lowest BCUT2D eigenvalue weighted by Crippen LogP contribution is -2.07. The van der Waals surface area contributed by atoms with Gasteiger partial charge in [-0.05, 0) is 12.1 Å². The fourth-order valence-electron chi connectivity index (χ4n) is 2.37. The summed E-state index contributed by atoms with van der Waals surface area (Å²) in [4.78, 5) is 4.43. The van der Waals surface area contributed by atoms with Crippen molar-refractivity contribution >= 4 is 11.3 Å². The molecule has 0 fully saturated rings. The molecule has 4 rings (SSSR count). The Kier molecular flexibility index (Phi) is 3.69. The summed E-state index contributed by atoms with van der Waals surface area (Å²) in [5, 5.41) is 5.81. The number of thiazole rings is 1. The molecule has 0 spiro atoms. The predicted octanol–water partition coefficient (Wildman–Crippen LogP) is 5.27. The Morgan fingerprint density at radius 2 is 1.84 bits per heavy atom. The Morgan fingerprint density at radius 3 is 2.52 bits per heavy atom. The molecule has 4 nitrogen and oxygen atoms in total. The molecule has 0 radical (unpaired) electrons. The van der Waals surface area contributed by atoms with Gasteiger partial charge in [-0.15, -0.1) is 11.3 Å². The predicted molar refractivity (Wildman–Crippen MR) is 87.4 cm³/mol. The molecule has 0 aliphatic rings. The van der Waals surface area contributed by atoms with Crippen molar-refractivity contribution in [3.8, 4) is 27.8 Å². The minimum atomic E-state index is -4.55. The minimum absolute atomic E-state index is 0.200. The van der Waals surface area contributed by atoms with Gasteiger partial charge in [0.05, 0.1) is 12.0 Å². The van der Waals surface area contributed by atoms with Crippen LogP contribution in [0.15, 0.2) is 64.6 Å². The van der Waals surface area contributed by atoms with Gasteiger partial charge in [0.2, 0.25) is 5.13 Å². The molecule has 0 aliphatic heterocycles. The number of benzene rings is 1. The first-order valence-corrected chi connectivity index (χ1v) is 8.13. The van der Waals surface area contributed by atoms with E-state index >= 15 is 0 Å². The van der Waals surface area contributed by atoms with Gasteiger partial charge in [-0.1, -0.05) is 30.3 Å². The van der Waals surface area contributed by atoms with Crippen molar-refractivity contribution in [1.82, 2.24) is 14.8 Å². The topological polar surface area (TPSA) is 43.9 Å². The van der Waals surface area contributed by atoms with Crippen LogP contribution >= 0.6 is 11.3 Å². The van der Waals surface area contributed by atoms with Gasteiger partial charge >= 0.3 is 6.18 Å². The molecule has 0 N–H and O–H groups in total. The second-order valence-electron chi connectivity index (χ2n) is 5.18. The van der Waals surface area contributed by atoms with Gasteiger partial charge in [-0.25, -0.2) is 9.67 Å². The van der Waals surface area contributed by atoms with E-state index in [9.17, 15) is 13.2 Å². The highest BCUT2D eigenvalue weighted by atomic mass is 32.1. The first-order valence-electron chi connectivity index (χ1n) is 7.25. The van der Waals surface area contributed by atoms with Gasteiger partial charge in [0.25, 0.3) is 0 Å². The van der Waals surface area contributed by atoms with Crippen LogP contribution in [0.25, 0.3) is 27.8 Å². The number of rotatable bonds is 3. The van der Waals surface area contributed by atoms with Crippen molar-refractivity contribution in [3.63, 3.8) is 0 Å². The van der Waals surface area contributed by atoms with E-state index in [-0.39, 0.29) is 5.69 Å². The second kappa shape index (κ2) is 5.89. The zero-order chi connectivity index (χ0) is 17.4. The molecular formula is C17H10F3N3OS. The van der Waals surface area contributed by atoms with Crippen LogP contribution < -0.4 is 0 Å². The molecule has 0 bridgehead atoms. The zero-order valence-corrected chi connectivity index (χ0v) is 13.4. The maximum atomic E-state index is 13.1. The molecule has 1 aromatic carbocycles. The standard InChI is InChI=1S/C17H10F3N3OS/c18-17(19,20)15-9-13(14-7-4-8-24-14)23(22-15)16-21-12(10-25-16)11-5-2-1-3-6-11/h1-10H. The molecule has 4 aromatic rings. The van der Waals surface area contributed by atoms with Crippen LogP contribution in [-0.4, -0.2) is 14.8 Å². The Morgan fingerprint density at radius 1 is 1.04 bits per heavy atom. The van der Waals surface area contributed by atoms with E-state index in [0.717, 1.165) is 11.6 Å². The highest BCUT2D eigenvalue weighted by molar-refractivity contribution is 7.12. The van der Waals surface area contributed by atoms with Crippen molar-refractivity contribution in [2.24, 2.45) is 0 Å². The lowest BCUT2D eigenvalue weighted by molar-refractivity contribution is -0.141. The van der Waals surface area contributed by atoms with Gasteiger partial charge < -0.3 is 4.42 Å². The number of nitrogens with zero attached hydrogens (tertiary/aromatic N) is 3. The van der Waals surface area contributed by atoms with Gasteiger partial charge in [0.1, 0.15) is 5.69 Å². The van der Waals surface area contributed by atoms with Crippen LogP contribution in [0.4, 0.5) is 13.2 Å². The molecular weight excluding hydrogens is 351 g/mol. The van der Waals surface area contributed by atoms with E-state index < -0.39 is 11.9 Å². The summed E-state index contributed by atoms with van der Waals surface area (Å²) in [6.07, 6.45) is -3.15. The third-order valence-electron chi connectivity index (χ3n) is 3.52. The molecule has 0 saturated heterocycles. The Hall–Kier alpha value is -2.87. The average molecular weight is 361 g/mol. The summed E-state index contributed by atoms with van der Waals surface area (Å²) in [6.45, 7) is 0. The summed E-state index contributed by atoms with van der Waals surface area (Å²) in [5.74, 6) is 0.291. The van der Waals surface area contributed by atoms with E-state index in [1.165, 1.54) is 22.3 Å². The largest absolute Gasteiger partial charge is 0.463 e. The fourth-order valence-corrected chi connectivity index (χ4v) is 3.16. The lowest BCUT2D eigenvalue weighted by atomic mass is 10.2. The molecule has 3 heterocycles. The normalized spacial score (nSPS) is 11.8. The maximum Gasteiger partial charge on any atom is 0.435 e. The number of halogens is 3. The monoisotopic (exact) mass is 361 g/mol. The third-order valence-corrected chi connectivity index (χ3v) is 4.33. The molecule has 0 atom stereocenters. The van der Waals surface area contributed by atoms with E-state index in [2.05, 4.69) is 10.1 Å². The number of hydrogen-bond acceptors (Lipinski definition) is 4. The van der Waals surface area contributed by atoms with Crippen molar-refractivity contribution < 1.29 is 17.6 Å². The Balaban J connectivity index is 1.82. The van der Waals surface area contributed by atoms with E-state index in [0.29, 0.717) is 16.6 Å². The summed E-state index contributed by atoms with van der Waals surface area (Å²) < 4.78 is 45.7. The van der Waals surface area contributed by atoms with Crippen LogP contribution in [0.1, 0.15) is 5.69 Å². The quantitative estimate of drug-likeness (QED) is 0.499. The number of hydrogen-bond donors (Lipinski definition) is 0. The highest BCUT2D eigenvalue weighted by Crippen LogP contribution is 2.34. The van der Waals surface area contributed by atoms with Crippen LogP contribution in [-0.2, 0) is 6.18 Å². The first kappa shape index (κ1) is 15.6. The lowest BCUT2D eigenvalue weighted by Gasteiger charge is -2.01. The van der Waals surface area contributed by atoms with Crippen molar-refractivity contribution in [2.45, 2.75) is 6.18 Å². The molecule has 0 aliphatic carbocycles. The fraction of sp³-hybridized carbons (Fsp3) is 0.0588. The summed E-state index contributed by atoms with van der Waals surface area (Å²) in [5.41, 5.74) is 0.768. The first-order chi connectivity index (χ1) is 12.0. The molecule has 3 aromatic heterocycles. The highest BCUT2D eigenvalue weighted by Gasteiger charge is 2.36. The van der Waals surface area contributed by atoms with E-state index in [1.807, 2.05) is 30.3 Å². The van der Waals surface area contributed by atoms with Gasteiger partial charge in [-0.3, -0.25) is 0 Å². The summed E-state index contributed by atoms with van der Waals surface area (Å²) >= 11 is 1.21. The zero-order valence-electron chi connectivity index (χ0n) is 12.6. The third kappa shape index (κ3) is 2.96. The van der Waals surface area contributed by atoms with Crippen molar-refractivity contribution in [3.05, 3.63) is 65.9 Å². The van der Waals surface area contributed by atoms with E-state index in [1.54, 1.807) is 17.5 Å². The van der Waals surface area contributed by atoms with Gasteiger partial charge in [0, 0.05) is 17.0 Å². The number of furan rings is 1. The SMILES string of the molecule is FC(F)(F)c1cc(-c2ccco2)n(-c2nc(-c3ccccc3)cs2)n1. The summed E-state index contributed by atoms with van der Waals surface area (Å²) in [7, 11) is 0. The van der Waals surface area contributed by atoms with Crippen LogP contribution in [0.5, 0.6) is 0 Å². The summed E-state index contributed by atoms with van der Waals surface area (Å²) in [6, 6.07) is 13.6. The Bertz CT molecular complexity index is 988. The van der Waals surface area contributed by atoms with Crippen molar-refractivity contribution in [1.29, 1.82) is 0 Å². The molecule has 0 amide bonds. The molecule has 8 heteroatoms. The molecule has 25 heavy (non-hydrogen) atoms. The molecule has 0 unspecified atom stereocenters. The van der Waals surface area contributed by atoms with Gasteiger partial charge in [-0.2, -0.15) is 18.3 Å². The molecule has 126 valence electrons. The van der Waals surface area contributed by atoms with Gasteiger partial charge in [0.15, 0.2) is 11.5 Å². The average Bonchev–Trinajstić information content (AvgIpc) is 3.33. The second-order valence-corrected chi connectivity index (χ2v) is 6.02. The van der Waals surface area contributed by atoms with Crippen molar-refractivity contribution in [2.75, 3.05) is 0 Å². The van der Waals surface area contributed by atoms with Crippen LogP contribution in [0.3, 0.4) is 0 Å². The van der Waals surface area contributed by atoms with Crippen LogP contribution in [0, 0.1) is 0 Å². The number of alkyl halides is 3. The molecule has 0 saturated carbocycles. The number of aromatic nitrogens is 3. The maximum absolute atomic E-state index is 13.1.